The number of nitrogens with one attached hydrogen (secondary N) is 1. The number of benzene rings is 2. The molecule has 1 heterocycles. The van der Waals surface area contributed by atoms with E-state index >= 15 is 0 Å². The number of hydrogen-bond donors (Lipinski definition) is 2. The van der Waals surface area contributed by atoms with Gasteiger partial charge in [0.25, 0.3) is 0 Å². The molecule has 0 aliphatic heterocycles. The van der Waals surface area contributed by atoms with Crippen LogP contribution in [0.25, 0.3) is 11.1 Å². The van der Waals surface area contributed by atoms with Crippen LogP contribution in [0.5, 0.6) is 0 Å². The van der Waals surface area contributed by atoms with E-state index in [0.717, 1.165) is 16.7 Å². The van der Waals surface area contributed by atoms with Gasteiger partial charge in [-0.05, 0) is 40.8 Å². The highest BCUT2D eigenvalue weighted by Crippen LogP contribution is 2.44. The number of carboxylic acids is 1. The van der Waals surface area contributed by atoms with Gasteiger partial charge in [-0.3, -0.25) is 0 Å². The highest BCUT2D eigenvalue weighted by atomic mass is 16.5. The summed E-state index contributed by atoms with van der Waals surface area (Å²) in [5.74, 6) is 4.59. The molecular formula is C26H22N2O4. The molecular weight excluding hydrogens is 404 g/mol. The lowest BCUT2D eigenvalue weighted by Gasteiger charge is -2.14. The van der Waals surface area contributed by atoms with E-state index in [1.54, 1.807) is 6.07 Å². The minimum absolute atomic E-state index is 0.0104. The van der Waals surface area contributed by atoms with E-state index in [2.05, 4.69) is 46.4 Å². The predicted molar refractivity (Wildman–Crippen MR) is 121 cm³/mol. The molecule has 160 valence electrons. The van der Waals surface area contributed by atoms with Crippen molar-refractivity contribution < 1.29 is 19.4 Å². The molecule has 0 radical (unpaired) electrons. The average molecular weight is 426 g/mol. The molecule has 1 amide bonds. The van der Waals surface area contributed by atoms with Crippen molar-refractivity contribution in [3.8, 4) is 23.0 Å². The monoisotopic (exact) mass is 426 g/mol. The highest BCUT2D eigenvalue weighted by Gasteiger charge is 2.28. The molecule has 1 aromatic heterocycles. The van der Waals surface area contributed by atoms with Crippen molar-refractivity contribution >= 4 is 12.1 Å². The number of alkyl carbamates (subject to hydrolysis) is 1. The maximum Gasteiger partial charge on any atom is 0.407 e. The fourth-order valence-corrected chi connectivity index (χ4v) is 3.87. The number of aromatic carboxylic acids is 1. The van der Waals surface area contributed by atoms with Gasteiger partial charge in [-0.1, -0.05) is 60.4 Å². The zero-order chi connectivity index (χ0) is 22.5. The fourth-order valence-electron chi connectivity index (χ4n) is 3.87. The van der Waals surface area contributed by atoms with Gasteiger partial charge in [0.05, 0.1) is 5.56 Å². The van der Waals surface area contributed by atoms with Crippen LogP contribution in [-0.2, 0) is 4.74 Å². The lowest BCUT2D eigenvalue weighted by molar-refractivity contribution is 0.0690. The molecule has 3 aromatic rings. The average Bonchev–Trinajstić information content (AvgIpc) is 3.11. The Hall–Kier alpha value is -4.11. The molecule has 0 atom stereocenters. The first kappa shape index (κ1) is 21.1. The van der Waals surface area contributed by atoms with E-state index in [-0.39, 0.29) is 18.2 Å². The lowest BCUT2D eigenvalue weighted by atomic mass is 9.98. The number of nitrogens with zero attached hydrogens (tertiary/aromatic N) is 1. The minimum Gasteiger partial charge on any atom is -0.476 e. The van der Waals surface area contributed by atoms with Crippen molar-refractivity contribution in [3.63, 3.8) is 0 Å². The molecule has 0 bridgehead atoms. The number of aromatic nitrogens is 1. The fraction of sp³-hybridized carbons (Fsp3) is 0.192. The van der Waals surface area contributed by atoms with Gasteiger partial charge in [-0.2, -0.15) is 0 Å². The first-order valence-corrected chi connectivity index (χ1v) is 10.3. The second kappa shape index (κ2) is 9.36. The lowest BCUT2D eigenvalue weighted by Crippen LogP contribution is -2.26. The van der Waals surface area contributed by atoms with Crippen molar-refractivity contribution in [3.05, 3.63) is 88.7 Å². The van der Waals surface area contributed by atoms with E-state index < -0.39 is 12.1 Å². The maximum absolute atomic E-state index is 12.2. The molecule has 0 saturated heterocycles. The largest absolute Gasteiger partial charge is 0.476 e. The van der Waals surface area contributed by atoms with Crippen LogP contribution in [0.3, 0.4) is 0 Å². The van der Waals surface area contributed by atoms with Gasteiger partial charge in [0.2, 0.25) is 0 Å². The van der Waals surface area contributed by atoms with Crippen LogP contribution in [0.1, 0.15) is 45.1 Å². The molecule has 2 N–H and O–H groups in total. The summed E-state index contributed by atoms with van der Waals surface area (Å²) in [4.78, 5) is 27.3. The highest BCUT2D eigenvalue weighted by molar-refractivity contribution is 5.88. The molecule has 1 aliphatic carbocycles. The summed E-state index contributed by atoms with van der Waals surface area (Å²) in [5, 5.41) is 11.9. The molecule has 0 spiro atoms. The smallest absolute Gasteiger partial charge is 0.407 e. The molecule has 4 rings (SSSR count). The summed E-state index contributed by atoms with van der Waals surface area (Å²) >= 11 is 0. The van der Waals surface area contributed by atoms with Gasteiger partial charge in [0.15, 0.2) is 5.69 Å². The molecule has 0 saturated carbocycles. The third-order valence-electron chi connectivity index (χ3n) is 5.31. The molecule has 0 fully saturated rings. The quantitative estimate of drug-likeness (QED) is 0.467. The maximum atomic E-state index is 12.2. The Morgan fingerprint density at radius 2 is 1.75 bits per heavy atom. The standard InChI is InChI=1S/C26H22N2O4/c1-17-14-18(24(25(29)30)28-15-17)8-6-7-13-27-26(31)32-16-23-21-11-4-2-9-19(21)20-10-3-5-12-22(20)23/h2-5,9-12,14-15,23H,7,13,16H2,1H3,(H,27,31)(H,29,30). The zero-order valence-electron chi connectivity index (χ0n) is 17.6. The van der Waals surface area contributed by atoms with Gasteiger partial charge < -0.3 is 15.2 Å². The summed E-state index contributed by atoms with van der Waals surface area (Å²) in [7, 11) is 0. The van der Waals surface area contributed by atoms with Crippen LogP contribution in [0.15, 0.2) is 60.8 Å². The normalized spacial score (nSPS) is 11.7. The first-order valence-electron chi connectivity index (χ1n) is 10.3. The number of aryl methyl sites for hydroxylation is 1. The van der Waals surface area contributed by atoms with Gasteiger partial charge in [-0.25, -0.2) is 14.6 Å². The molecule has 6 nitrogen and oxygen atoms in total. The Kier molecular flexibility index (Phi) is 6.18. The topological polar surface area (TPSA) is 88.5 Å². The Balaban J connectivity index is 1.31. The van der Waals surface area contributed by atoms with Crippen LogP contribution in [0.4, 0.5) is 4.79 Å². The van der Waals surface area contributed by atoms with Crippen LogP contribution >= 0.6 is 0 Å². The van der Waals surface area contributed by atoms with Crippen LogP contribution in [-0.4, -0.2) is 35.3 Å². The number of hydrogen-bond acceptors (Lipinski definition) is 4. The molecule has 0 unspecified atom stereocenters. The zero-order valence-corrected chi connectivity index (χ0v) is 17.6. The third kappa shape index (κ3) is 4.47. The SMILES string of the molecule is Cc1cnc(C(=O)O)c(C#CCCNC(=O)OCC2c3ccccc3-c3ccccc32)c1. The second-order valence-corrected chi connectivity index (χ2v) is 7.52. The van der Waals surface area contributed by atoms with Crippen LogP contribution in [0.2, 0.25) is 0 Å². The minimum atomic E-state index is -1.12. The van der Waals surface area contributed by atoms with E-state index in [1.165, 1.54) is 17.3 Å². The van der Waals surface area contributed by atoms with E-state index in [9.17, 15) is 14.7 Å². The number of carbonyl (C=O) groups is 2. The summed E-state index contributed by atoms with van der Waals surface area (Å²) in [6.45, 7) is 2.37. The molecule has 1 aliphatic rings. The summed E-state index contributed by atoms with van der Waals surface area (Å²) in [6, 6.07) is 18.0. The molecule has 6 heteroatoms. The Labute approximate surface area is 186 Å². The number of pyridine rings is 1. The van der Waals surface area contributed by atoms with Gasteiger partial charge >= 0.3 is 12.1 Å². The first-order chi connectivity index (χ1) is 15.5. The van der Waals surface area contributed by atoms with Crippen molar-refractivity contribution in [1.82, 2.24) is 10.3 Å². The Morgan fingerprint density at radius 1 is 1.09 bits per heavy atom. The summed E-state index contributed by atoms with van der Waals surface area (Å²) in [5.41, 5.74) is 5.79. The number of ether oxygens (including phenoxy) is 1. The van der Waals surface area contributed by atoms with Crippen LogP contribution in [0, 0.1) is 18.8 Å². The predicted octanol–water partition coefficient (Wildman–Crippen LogP) is 4.37. The molecule has 32 heavy (non-hydrogen) atoms. The Morgan fingerprint density at radius 3 is 2.41 bits per heavy atom. The van der Waals surface area contributed by atoms with Crippen molar-refractivity contribution in [2.45, 2.75) is 19.3 Å². The van der Waals surface area contributed by atoms with Gasteiger partial charge in [0.1, 0.15) is 6.61 Å². The number of fused-ring (bicyclic) bond motifs is 3. The Bertz CT molecular complexity index is 1190. The van der Waals surface area contributed by atoms with Crippen molar-refractivity contribution in [2.24, 2.45) is 0 Å². The van der Waals surface area contributed by atoms with Gasteiger partial charge in [0, 0.05) is 25.1 Å². The molecule has 2 aromatic carbocycles. The van der Waals surface area contributed by atoms with Crippen LogP contribution < -0.4 is 5.32 Å². The second-order valence-electron chi connectivity index (χ2n) is 7.52. The van der Waals surface area contributed by atoms with Crippen molar-refractivity contribution in [2.75, 3.05) is 13.2 Å². The van der Waals surface area contributed by atoms with E-state index in [1.807, 2.05) is 31.2 Å². The number of carboxylic acid groups (broad SMARTS) is 1. The summed E-state index contributed by atoms with van der Waals surface area (Å²) in [6.07, 6.45) is 1.35. The third-order valence-corrected chi connectivity index (χ3v) is 5.31. The van der Waals surface area contributed by atoms with Crippen molar-refractivity contribution in [1.29, 1.82) is 0 Å². The van der Waals surface area contributed by atoms with Gasteiger partial charge in [-0.15, -0.1) is 0 Å². The number of amides is 1. The number of rotatable bonds is 5. The summed E-state index contributed by atoms with van der Waals surface area (Å²) < 4.78 is 5.48. The van der Waals surface area contributed by atoms with E-state index in [4.69, 9.17) is 4.74 Å². The number of carbonyl (C=O) groups excluding carboxylic acids is 1. The van der Waals surface area contributed by atoms with E-state index in [0.29, 0.717) is 18.5 Å².